The van der Waals surface area contributed by atoms with Crippen LogP contribution in [0.15, 0.2) is 22.6 Å². The number of halogens is 3. The smallest absolute Gasteiger partial charge is 0.346 e. The van der Waals surface area contributed by atoms with E-state index in [1.54, 1.807) is 10.7 Å². The van der Waals surface area contributed by atoms with Crippen molar-refractivity contribution in [2.24, 2.45) is 0 Å². The van der Waals surface area contributed by atoms with Gasteiger partial charge in [-0.3, -0.25) is 9.59 Å². The molecule has 3 aromatic rings. The van der Waals surface area contributed by atoms with Crippen molar-refractivity contribution < 1.29 is 18.0 Å². The summed E-state index contributed by atoms with van der Waals surface area (Å²) in [5.74, 6) is -2.07. The molecule has 3 rings (SSSR count). The lowest BCUT2D eigenvalue weighted by Gasteiger charge is -2.12. The molecular weight excluding hydrogens is 383 g/mol. The topological polar surface area (TPSA) is 104 Å². The Morgan fingerprint density at radius 3 is 2.81 bits per heavy atom. The lowest BCUT2D eigenvalue weighted by molar-refractivity contribution is -0.173. The van der Waals surface area contributed by atoms with Gasteiger partial charge in [0.1, 0.15) is 22.7 Å². The molecule has 27 heavy (non-hydrogen) atoms. The van der Waals surface area contributed by atoms with Crippen LogP contribution in [0, 0.1) is 18.3 Å². The number of H-pyrrole nitrogens is 1. The molecule has 0 fully saturated rings. The summed E-state index contributed by atoms with van der Waals surface area (Å²) in [6.45, 7) is 1.30. The average molecular weight is 395 g/mol. The predicted molar refractivity (Wildman–Crippen MR) is 92.2 cm³/mol. The third-order valence-corrected chi connectivity index (χ3v) is 4.93. The molecule has 2 N–H and O–H groups in total. The van der Waals surface area contributed by atoms with Gasteiger partial charge in [-0.1, -0.05) is 0 Å². The van der Waals surface area contributed by atoms with Gasteiger partial charge >= 0.3 is 12.1 Å². The summed E-state index contributed by atoms with van der Waals surface area (Å²) in [6.07, 6.45) is -3.84. The lowest BCUT2D eigenvalue weighted by Crippen LogP contribution is -2.38. The molecule has 7 nitrogen and oxygen atoms in total. The van der Waals surface area contributed by atoms with Crippen molar-refractivity contribution in [2.75, 3.05) is 6.54 Å². The number of nitriles is 1. The van der Waals surface area contributed by atoms with E-state index in [1.165, 1.54) is 15.9 Å². The standard InChI is InChI=1S/C16H12F3N5O2S/c1-8-2-5-27-13(8)11-9(6-20)10-12(14(25)23-7-22-10)24(11)4-3-21-15(26)16(17,18)19/h2,5,7H,3-4H2,1H3,(H,21,26)(H,22,23,25). The molecule has 0 bridgehead atoms. The number of aryl methyl sites for hydroxylation is 1. The minimum atomic E-state index is -5.00. The Balaban J connectivity index is 2.13. The number of nitrogens with one attached hydrogen (secondary N) is 2. The second-order valence-corrected chi connectivity index (χ2v) is 6.52. The first-order valence-electron chi connectivity index (χ1n) is 7.65. The van der Waals surface area contributed by atoms with Gasteiger partial charge in [-0.2, -0.15) is 18.4 Å². The van der Waals surface area contributed by atoms with Crippen molar-refractivity contribution in [2.45, 2.75) is 19.6 Å². The van der Waals surface area contributed by atoms with E-state index >= 15 is 0 Å². The van der Waals surface area contributed by atoms with E-state index < -0.39 is 17.6 Å². The van der Waals surface area contributed by atoms with E-state index in [-0.39, 0.29) is 29.7 Å². The Morgan fingerprint density at radius 2 is 2.22 bits per heavy atom. The Kier molecular flexibility index (Phi) is 4.75. The molecule has 0 aliphatic heterocycles. The molecule has 0 spiro atoms. The fourth-order valence-corrected chi connectivity index (χ4v) is 3.73. The summed E-state index contributed by atoms with van der Waals surface area (Å²) >= 11 is 1.33. The molecule has 0 aliphatic rings. The third kappa shape index (κ3) is 3.31. The van der Waals surface area contributed by atoms with Gasteiger partial charge in [0, 0.05) is 13.1 Å². The Bertz CT molecular complexity index is 1120. The van der Waals surface area contributed by atoms with Crippen molar-refractivity contribution in [3.8, 4) is 16.6 Å². The highest BCUT2D eigenvalue weighted by molar-refractivity contribution is 7.13. The third-order valence-electron chi connectivity index (χ3n) is 3.91. The summed E-state index contributed by atoms with van der Waals surface area (Å²) in [4.78, 5) is 30.5. The molecule has 1 amide bonds. The highest BCUT2D eigenvalue weighted by Gasteiger charge is 2.38. The number of alkyl halides is 3. The van der Waals surface area contributed by atoms with Crippen molar-refractivity contribution in [1.82, 2.24) is 19.9 Å². The molecule has 3 heterocycles. The molecule has 0 radical (unpaired) electrons. The van der Waals surface area contributed by atoms with E-state index in [0.717, 1.165) is 11.9 Å². The number of amides is 1. The van der Waals surface area contributed by atoms with Crippen LogP contribution in [0.1, 0.15) is 11.1 Å². The number of hydrogen-bond donors (Lipinski definition) is 2. The first-order chi connectivity index (χ1) is 12.8. The van der Waals surface area contributed by atoms with Crippen LogP contribution >= 0.6 is 11.3 Å². The minimum Gasteiger partial charge on any atom is -0.346 e. The largest absolute Gasteiger partial charge is 0.471 e. The van der Waals surface area contributed by atoms with Gasteiger partial charge in [0.15, 0.2) is 0 Å². The molecule has 140 valence electrons. The van der Waals surface area contributed by atoms with Gasteiger partial charge < -0.3 is 14.9 Å². The number of aromatic amines is 1. The van der Waals surface area contributed by atoms with Crippen LogP contribution in [0.4, 0.5) is 13.2 Å². The lowest BCUT2D eigenvalue weighted by atomic mass is 10.1. The number of thiophene rings is 1. The zero-order valence-corrected chi connectivity index (χ0v) is 14.7. The van der Waals surface area contributed by atoms with Gasteiger partial charge in [-0.15, -0.1) is 11.3 Å². The van der Waals surface area contributed by atoms with Gasteiger partial charge in [0.05, 0.1) is 16.9 Å². The zero-order valence-electron chi connectivity index (χ0n) is 13.8. The molecule has 0 unspecified atom stereocenters. The Hall–Kier alpha value is -3.13. The van der Waals surface area contributed by atoms with Crippen molar-refractivity contribution in [1.29, 1.82) is 5.26 Å². The number of hydrogen-bond acceptors (Lipinski definition) is 5. The monoisotopic (exact) mass is 395 g/mol. The molecule has 0 saturated heterocycles. The highest BCUT2D eigenvalue weighted by Crippen LogP contribution is 2.36. The molecule has 0 saturated carbocycles. The van der Waals surface area contributed by atoms with Crippen LogP contribution in [0.3, 0.4) is 0 Å². The number of nitrogens with zero attached hydrogens (tertiary/aromatic N) is 3. The first kappa shape index (κ1) is 18.7. The first-order valence-corrected chi connectivity index (χ1v) is 8.53. The summed E-state index contributed by atoms with van der Waals surface area (Å²) in [5.41, 5.74) is 1.09. The van der Waals surface area contributed by atoms with E-state index in [1.807, 2.05) is 19.1 Å². The molecule has 0 aromatic carbocycles. The summed E-state index contributed by atoms with van der Waals surface area (Å²) in [7, 11) is 0. The van der Waals surface area contributed by atoms with Crippen molar-refractivity contribution >= 4 is 28.3 Å². The summed E-state index contributed by atoms with van der Waals surface area (Å²) < 4.78 is 38.6. The van der Waals surface area contributed by atoms with E-state index in [9.17, 15) is 28.0 Å². The van der Waals surface area contributed by atoms with Crippen LogP contribution in [-0.2, 0) is 11.3 Å². The highest BCUT2D eigenvalue weighted by atomic mass is 32.1. The average Bonchev–Trinajstić information content (AvgIpc) is 3.15. The SMILES string of the molecule is Cc1ccsc1-c1c(C#N)c2nc[nH]c(=O)c2n1CCNC(=O)C(F)(F)F. The van der Waals surface area contributed by atoms with Crippen LogP contribution in [0.25, 0.3) is 21.6 Å². The molecular formula is C16H12F3N5O2S. The predicted octanol–water partition coefficient (Wildman–Crippen LogP) is 2.31. The second-order valence-electron chi connectivity index (χ2n) is 5.60. The number of aromatic nitrogens is 3. The van der Waals surface area contributed by atoms with Gasteiger partial charge in [-0.25, -0.2) is 4.98 Å². The number of fused-ring (bicyclic) bond motifs is 1. The number of carbonyl (C=O) groups is 1. The van der Waals surface area contributed by atoms with Gasteiger partial charge in [0.25, 0.3) is 5.56 Å². The van der Waals surface area contributed by atoms with Crippen LogP contribution in [0.2, 0.25) is 0 Å². The Morgan fingerprint density at radius 1 is 1.48 bits per heavy atom. The number of carbonyl (C=O) groups excluding carboxylic acids is 1. The number of rotatable bonds is 4. The van der Waals surface area contributed by atoms with Crippen molar-refractivity contribution in [3.05, 3.63) is 39.3 Å². The van der Waals surface area contributed by atoms with E-state index in [4.69, 9.17) is 0 Å². The molecule has 0 aliphatic carbocycles. The normalized spacial score (nSPS) is 11.5. The van der Waals surface area contributed by atoms with Crippen LogP contribution in [-0.4, -0.2) is 33.2 Å². The van der Waals surface area contributed by atoms with E-state index in [2.05, 4.69) is 9.97 Å². The van der Waals surface area contributed by atoms with E-state index in [0.29, 0.717) is 10.6 Å². The van der Waals surface area contributed by atoms with Crippen LogP contribution in [0.5, 0.6) is 0 Å². The Labute approximate surface area is 154 Å². The minimum absolute atomic E-state index is 0.0677. The van der Waals surface area contributed by atoms with Gasteiger partial charge in [0.2, 0.25) is 0 Å². The van der Waals surface area contributed by atoms with Crippen molar-refractivity contribution in [3.63, 3.8) is 0 Å². The maximum atomic E-state index is 12.4. The second kappa shape index (κ2) is 6.88. The maximum absolute atomic E-state index is 12.4. The fourth-order valence-electron chi connectivity index (χ4n) is 2.75. The fraction of sp³-hybridized carbons (Fsp3) is 0.250. The molecule has 11 heteroatoms. The zero-order chi connectivity index (χ0) is 19.8. The van der Waals surface area contributed by atoms with Crippen LogP contribution < -0.4 is 10.9 Å². The molecule has 3 aromatic heterocycles. The summed E-state index contributed by atoms with van der Waals surface area (Å²) in [6, 6.07) is 3.85. The quantitative estimate of drug-likeness (QED) is 0.707. The maximum Gasteiger partial charge on any atom is 0.471 e. The van der Waals surface area contributed by atoms with Gasteiger partial charge in [-0.05, 0) is 23.9 Å². The summed E-state index contributed by atoms with van der Waals surface area (Å²) in [5, 5.41) is 13.2. The molecule has 0 atom stereocenters.